The number of anilines is 1. The Balaban J connectivity index is 2.18. The molecular weight excluding hydrogens is 428 g/mol. The molecule has 122 valence electrons. The first kappa shape index (κ1) is 17.7. The number of ether oxygens (including phenoxy) is 1. The summed E-state index contributed by atoms with van der Waals surface area (Å²) in [6.07, 6.45) is 1.62. The molecule has 2 aromatic rings. The van der Waals surface area contributed by atoms with E-state index >= 15 is 0 Å². The largest absolute Gasteiger partial charge is 0.494 e. The smallest absolute Gasteiger partial charge is 0.252 e. The number of hydrogen-bond acceptors (Lipinski definition) is 5. The van der Waals surface area contributed by atoms with Gasteiger partial charge in [0.15, 0.2) is 0 Å². The van der Waals surface area contributed by atoms with E-state index in [-0.39, 0.29) is 11.5 Å². The van der Waals surface area contributed by atoms with Crippen molar-refractivity contribution >= 4 is 44.0 Å². The monoisotopic (exact) mass is 442 g/mol. The van der Waals surface area contributed by atoms with Crippen molar-refractivity contribution in [3.8, 4) is 5.75 Å². The Morgan fingerprint density at radius 1 is 1.30 bits per heavy atom. The van der Waals surface area contributed by atoms with Crippen molar-refractivity contribution < 1.29 is 4.74 Å². The first-order valence-electron chi connectivity index (χ1n) is 6.84. The quantitative estimate of drug-likeness (QED) is 0.542. The summed E-state index contributed by atoms with van der Waals surface area (Å²) in [4.78, 5) is 18.5. The van der Waals surface area contributed by atoms with Crippen LogP contribution in [0.3, 0.4) is 0 Å². The number of nitrogens with zero attached hydrogens (tertiary/aromatic N) is 2. The SMILES string of the molecule is COc1c(Br)cc(/C=N\Nc2nc(C(C)C)cc(=O)[nH]2)cc1Br. The molecule has 8 heteroatoms. The number of aromatic amines is 1. The van der Waals surface area contributed by atoms with Crippen LogP contribution in [0.1, 0.15) is 31.0 Å². The molecule has 0 atom stereocenters. The summed E-state index contributed by atoms with van der Waals surface area (Å²) >= 11 is 6.87. The molecule has 1 heterocycles. The van der Waals surface area contributed by atoms with Crippen LogP contribution in [0.2, 0.25) is 0 Å². The van der Waals surface area contributed by atoms with Crippen LogP contribution in [0.25, 0.3) is 0 Å². The highest BCUT2D eigenvalue weighted by Crippen LogP contribution is 2.33. The van der Waals surface area contributed by atoms with Gasteiger partial charge in [-0.15, -0.1) is 0 Å². The number of halogens is 2. The van der Waals surface area contributed by atoms with Gasteiger partial charge in [-0.2, -0.15) is 5.10 Å². The molecule has 0 spiro atoms. The maximum atomic E-state index is 11.6. The molecule has 2 rings (SSSR count). The molecule has 0 unspecified atom stereocenters. The molecular formula is C15H16Br2N4O2. The molecule has 1 aromatic heterocycles. The summed E-state index contributed by atoms with van der Waals surface area (Å²) in [6, 6.07) is 5.22. The fourth-order valence-corrected chi connectivity index (χ4v) is 3.39. The van der Waals surface area contributed by atoms with Gasteiger partial charge in [-0.25, -0.2) is 10.4 Å². The predicted octanol–water partition coefficient (Wildman–Crippen LogP) is 3.87. The van der Waals surface area contributed by atoms with Crippen LogP contribution < -0.4 is 15.7 Å². The van der Waals surface area contributed by atoms with Crippen LogP contribution in [0, 0.1) is 0 Å². The number of methoxy groups -OCH3 is 1. The molecule has 0 saturated carbocycles. The Bertz CT molecular complexity index is 764. The molecule has 0 saturated heterocycles. The second-order valence-electron chi connectivity index (χ2n) is 5.06. The first-order chi connectivity index (χ1) is 10.9. The van der Waals surface area contributed by atoms with Crippen molar-refractivity contribution in [2.75, 3.05) is 12.5 Å². The lowest BCUT2D eigenvalue weighted by atomic mass is 10.1. The van der Waals surface area contributed by atoms with E-state index in [4.69, 9.17) is 4.74 Å². The molecule has 0 amide bonds. The highest BCUT2D eigenvalue weighted by atomic mass is 79.9. The van der Waals surface area contributed by atoms with Crippen molar-refractivity contribution in [3.63, 3.8) is 0 Å². The molecule has 0 radical (unpaired) electrons. The molecule has 0 bridgehead atoms. The lowest BCUT2D eigenvalue weighted by Crippen LogP contribution is -2.12. The van der Waals surface area contributed by atoms with Gasteiger partial charge in [0.25, 0.3) is 5.56 Å². The number of hydrogen-bond donors (Lipinski definition) is 2. The second kappa shape index (κ2) is 7.74. The lowest BCUT2D eigenvalue weighted by Gasteiger charge is -2.07. The van der Waals surface area contributed by atoms with Gasteiger partial charge < -0.3 is 4.74 Å². The number of benzene rings is 1. The third-order valence-corrected chi connectivity index (χ3v) is 4.14. The minimum absolute atomic E-state index is 0.162. The van der Waals surface area contributed by atoms with Crippen LogP contribution >= 0.6 is 31.9 Å². The number of aromatic nitrogens is 2. The van der Waals surface area contributed by atoms with Crippen LogP contribution in [0.4, 0.5) is 5.95 Å². The first-order valence-corrected chi connectivity index (χ1v) is 8.42. The van der Waals surface area contributed by atoms with E-state index in [1.807, 2.05) is 26.0 Å². The summed E-state index contributed by atoms with van der Waals surface area (Å²) in [6.45, 7) is 3.95. The average Bonchev–Trinajstić information content (AvgIpc) is 2.46. The summed E-state index contributed by atoms with van der Waals surface area (Å²) < 4.78 is 6.87. The molecule has 0 aliphatic rings. The molecule has 23 heavy (non-hydrogen) atoms. The van der Waals surface area contributed by atoms with E-state index in [0.717, 1.165) is 14.5 Å². The van der Waals surface area contributed by atoms with Crippen molar-refractivity contribution in [3.05, 3.63) is 48.8 Å². The minimum atomic E-state index is -0.212. The number of rotatable bonds is 5. The van der Waals surface area contributed by atoms with Crippen molar-refractivity contribution in [2.45, 2.75) is 19.8 Å². The fraction of sp³-hybridized carbons (Fsp3) is 0.267. The fourth-order valence-electron chi connectivity index (χ4n) is 1.84. The Morgan fingerprint density at radius 3 is 2.52 bits per heavy atom. The van der Waals surface area contributed by atoms with E-state index in [1.165, 1.54) is 6.07 Å². The molecule has 6 nitrogen and oxygen atoms in total. The summed E-state index contributed by atoms with van der Waals surface area (Å²) in [5.41, 5.74) is 4.08. The molecule has 0 aliphatic carbocycles. The predicted molar refractivity (Wildman–Crippen MR) is 98.6 cm³/mol. The Kier molecular flexibility index (Phi) is 5.95. The third kappa shape index (κ3) is 4.65. The molecule has 0 aliphatic heterocycles. The van der Waals surface area contributed by atoms with Crippen LogP contribution in [0.15, 0.2) is 37.0 Å². The van der Waals surface area contributed by atoms with Gasteiger partial charge in [0.05, 0.1) is 28.0 Å². The highest BCUT2D eigenvalue weighted by molar-refractivity contribution is 9.11. The van der Waals surface area contributed by atoms with Crippen molar-refractivity contribution in [1.82, 2.24) is 9.97 Å². The summed E-state index contributed by atoms with van der Waals surface area (Å²) in [5.74, 6) is 1.19. The normalized spacial score (nSPS) is 11.2. The standard InChI is InChI=1S/C15H16Br2N4O2/c1-8(2)12-6-13(22)20-15(19-12)21-18-7-9-4-10(16)14(23-3)11(17)5-9/h4-8H,1-3H3,(H2,19,20,21,22)/b18-7-. The van der Waals surface area contributed by atoms with E-state index in [1.54, 1.807) is 13.3 Å². The highest BCUT2D eigenvalue weighted by Gasteiger charge is 2.07. The number of nitrogens with one attached hydrogen (secondary N) is 2. The molecule has 0 fully saturated rings. The molecule has 2 N–H and O–H groups in total. The van der Waals surface area contributed by atoms with Gasteiger partial charge in [0.1, 0.15) is 5.75 Å². The van der Waals surface area contributed by atoms with Gasteiger partial charge >= 0.3 is 0 Å². The van der Waals surface area contributed by atoms with Crippen molar-refractivity contribution in [1.29, 1.82) is 0 Å². The maximum absolute atomic E-state index is 11.6. The Labute approximate surface area is 150 Å². The van der Waals surface area contributed by atoms with Crippen molar-refractivity contribution in [2.24, 2.45) is 5.10 Å². The summed E-state index contributed by atoms with van der Waals surface area (Å²) in [7, 11) is 1.60. The maximum Gasteiger partial charge on any atom is 0.252 e. The van der Waals surface area contributed by atoms with Crippen LogP contribution in [0.5, 0.6) is 5.75 Å². The van der Waals surface area contributed by atoms with E-state index in [9.17, 15) is 4.79 Å². The van der Waals surface area contributed by atoms with Gasteiger partial charge in [-0.3, -0.25) is 9.78 Å². The second-order valence-corrected chi connectivity index (χ2v) is 6.77. The van der Waals surface area contributed by atoms with Crippen LogP contribution in [-0.4, -0.2) is 23.3 Å². The zero-order chi connectivity index (χ0) is 17.0. The zero-order valence-corrected chi connectivity index (χ0v) is 16.0. The molecule has 1 aromatic carbocycles. The van der Waals surface area contributed by atoms with E-state index in [0.29, 0.717) is 17.4 Å². The van der Waals surface area contributed by atoms with E-state index in [2.05, 4.69) is 52.4 Å². The van der Waals surface area contributed by atoms with Gasteiger partial charge in [0, 0.05) is 6.07 Å². The van der Waals surface area contributed by atoms with Gasteiger partial charge in [0.2, 0.25) is 5.95 Å². The number of hydrazone groups is 1. The Hall–Kier alpha value is -1.67. The van der Waals surface area contributed by atoms with E-state index < -0.39 is 0 Å². The Morgan fingerprint density at radius 2 is 1.96 bits per heavy atom. The lowest BCUT2D eigenvalue weighted by molar-refractivity contribution is 0.409. The van der Waals surface area contributed by atoms with Gasteiger partial charge in [-0.1, -0.05) is 13.8 Å². The van der Waals surface area contributed by atoms with Crippen LogP contribution in [-0.2, 0) is 0 Å². The summed E-state index contributed by atoms with van der Waals surface area (Å²) in [5, 5.41) is 4.10. The topological polar surface area (TPSA) is 79.4 Å². The zero-order valence-electron chi connectivity index (χ0n) is 12.9. The average molecular weight is 444 g/mol. The third-order valence-electron chi connectivity index (χ3n) is 2.96. The van der Waals surface area contributed by atoms with Gasteiger partial charge in [-0.05, 0) is 55.5 Å². The minimum Gasteiger partial charge on any atom is -0.494 e. The number of H-pyrrole nitrogens is 1.